The molecular formula is C10H11FO3. The van der Waals surface area contributed by atoms with Crippen molar-refractivity contribution in [3.63, 3.8) is 0 Å². The number of carbonyl (C=O) groups is 2. The van der Waals surface area contributed by atoms with Crippen LogP contribution in [0.4, 0.5) is 4.39 Å². The molecule has 3 atom stereocenters. The second-order valence-electron chi connectivity index (χ2n) is 3.59. The van der Waals surface area contributed by atoms with Crippen molar-refractivity contribution >= 4 is 11.6 Å². The Labute approximate surface area is 80.9 Å². The van der Waals surface area contributed by atoms with Crippen LogP contribution in [0.1, 0.15) is 13.3 Å². The van der Waals surface area contributed by atoms with Crippen molar-refractivity contribution in [2.75, 3.05) is 6.61 Å². The summed E-state index contributed by atoms with van der Waals surface area (Å²) in [7, 11) is 0. The highest BCUT2D eigenvalue weighted by Gasteiger charge is 2.48. The molecule has 3 rings (SSSR count). The number of ketones is 2. The fraction of sp³-hybridized carbons (Fsp3) is 0.600. The average molecular weight is 198 g/mol. The van der Waals surface area contributed by atoms with Crippen LogP contribution in [0.15, 0.2) is 11.9 Å². The van der Waals surface area contributed by atoms with Gasteiger partial charge in [-0.1, -0.05) is 0 Å². The van der Waals surface area contributed by atoms with Gasteiger partial charge in [0.2, 0.25) is 11.6 Å². The van der Waals surface area contributed by atoms with Crippen molar-refractivity contribution in [3.8, 4) is 0 Å². The summed E-state index contributed by atoms with van der Waals surface area (Å²) in [6, 6.07) is 0. The Hall–Kier alpha value is -1.03. The van der Waals surface area contributed by atoms with E-state index in [1.165, 1.54) is 6.08 Å². The molecule has 0 N–H and O–H groups in total. The fourth-order valence-electron chi connectivity index (χ4n) is 2.09. The smallest absolute Gasteiger partial charge is 0.208 e. The SMILES string of the molecule is CCO[C@@H]1C[C@@H]2C(=O)C(=O)[C@@H]1C=C2F. The predicted molar refractivity (Wildman–Crippen MR) is 46.2 cm³/mol. The second-order valence-corrected chi connectivity index (χ2v) is 3.59. The third kappa shape index (κ3) is 1.21. The molecule has 0 aliphatic heterocycles. The van der Waals surface area contributed by atoms with E-state index in [1.807, 2.05) is 6.92 Å². The van der Waals surface area contributed by atoms with Gasteiger partial charge in [0.15, 0.2) is 0 Å². The lowest BCUT2D eigenvalue weighted by Crippen LogP contribution is -2.48. The number of hydrogen-bond acceptors (Lipinski definition) is 3. The van der Waals surface area contributed by atoms with E-state index in [1.54, 1.807) is 0 Å². The lowest BCUT2D eigenvalue weighted by molar-refractivity contribution is -0.149. The Balaban J connectivity index is 2.28. The molecule has 0 saturated heterocycles. The Morgan fingerprint density at radius 2 is 2.21 bits per heavy atom. The molecule has 1 fully saturated rings. The maximum absolute atomic E-state index is 13.1. The summed E-state index contributed by atoms with van der Waals surface area (Å²) in [6.07, 6.45) is 1.23. The number of ether oxygens (including phenoxy) is 1. The minimum atomic E-state index is -0.871. The second kappa shape index (κ2) is 3.28. The highest BCUT2D eigenvalue weighted by Crippen LogP contribution is 2.38. The van der Waals surface area contributed by atoms with E-state index in [4.69, 9.17) is 4.74 Å². The summed E-state index contributed by atoms with van der Waals surface area (Å²) in [5.74, 6) is -3.11. The lowest BCUT2D eigenvalue weighted by Gasteiger charge is -2.36. The fourth-order valence-corrected chi connectivity index (χ4v) is 2.09. The first-order valence-electron chi connectivity index (χ1n) is 4.72. The Kier molecular flexibility index (Phi) is 2.23. The van der Waals surface area contributed by atoms with Crippen LogP contribution in [-0.2, 0) is 14.3 Å². The lowest BCUT2D eigenvalue weighted by atomic mass is 9.71. The minimum absolute atomic E-state index is 0.310. The molecule has 14 heavy (non-hydrogen) atoms. The van der Waals surface area contributed by atoms with Crippen LogP contribution >= 0.6 is 0 Å². The first kappa shape index (κ1) is 9.52. The van der Waals surface area contributed by atoms with Gasteiger partial charge in [0.1, 0.15) is 5.83 Å². The minimum Gasteiger partial charge on any atom is -0.377 e. The third-order valence-electron chi connectivity index (χ3n) is 2.78. The number of Topliss-reactive ketones (excluding diaryl/α,β-unsaturated/α-hetero) is 2. The topological polar surface area (TPSA) is 43.4 Å². The van der Waals surface area contributed by atoms with Crippen LogP contribution in [0.3, 0.4) is 0 Å². The van der Waals surface area contributed by atoms with Gasteiger partial charge in [0.25, 0.3) is 0 Å². The Morgan fingerprint density at radius 1 is 1.50 bits per heavy atom. The van der Waals surface area contributed by atoms with Crippen LogP contribution < -0.4 is 0 Å². The molecule has 1 saturated carbocycles. The van der Waals surface area contributed by atoms with Gasteiger partial charge in [-0.25, -0.2) is 4.39 Å². The van der Waals surface area contributed by atoms with Gasteiger partial charge >= 0.3 is 0 Å². The van der Waals surface area contributed by atoms with Gasteiger partial charge < -0.3 is 4.74 Å². The molecule has 4 heteroatoms. The zero-order chi connectivity index (χ0) is 10.3. The standard InChI is InChI=1S/C10H11FO3/c1-2-14-8-4-5-7(11)3-6(8)10(13)9(5)12/h3,5-6,8H,2,4H2,1H3/t5-,6+,8+/m0/s1. The van der Waals surface area contributed by atoms with Crippen molar-refractivity contribution in [2.24, 2.45) is 11.8 Å². The zero-order valence-corrected chi connectivity index (χ0v) is 7.83. The predicted octanol–water partition coefficient (Wildman–Crippen LogP) is 1.03. The molecule has 76 valence electrons. The number of carbonyl (C=O) groups excluding carboxylic acids is 2. The maximum atomic E-state index is 13.1. The molecule has 0 amide bonds. The van der Waals surface area contributed by atoms with E-state index in [0.29, 0.717) is 13.0 Å². The van der Waals surface area contributed by atoms with Gasteiger partial charge in [0, 0.05) is 6.61 Å². The molecule has 3 nitrogen and oxygen atoms in total. The van der Waals surface area contributed by atoms with Gasteiger partial charge in [-0.2, -0.15) is 0 Å². The molecule has 3 aliphatic rings. The van der Waals surface area contributed by atoms with Crippen molar-refractivity contribution in [2.45, 2.75) is 19.4 Å². The first-order chi connectivity index (χ1) is 6.65. The average Bonchev–Trinajstić information content (AvgIpc) is 2.16. The number of hydrogen-bond donors (Lipinski definition) is 0. The summed E-state index contributed by atoms with van der Waals surface area (Å²) in [5.41, 5.74) is 0. The monoisotopic (exact) mass is 198 g/mol. The third-order valence-corrected chi connectivity index (χ3v) is 2.78. The number of allylic oxidation sites excluding steroid dienone is 1. The van der Waals surface area contributed by atoms with Crippen molar-refractivity contribution in [3.05, 3.63) is 11.9 Å². The van der Waals surface area contributed by atoms with E-state index < -0.39 is 29.2 Å². The van der Waals surface area contributed by atoms with Gasteiger partial charge in [0.05, 0.1) is 17.9 Å². The summed E-state index contributed by atoms with van der Waals surface area (Å²) in [5, 5.41) is 0. The highest BCUT2D eigenvalue weighted by atomic mass is 19.1. The molecule has 0 aromatic heterocycles. The Morgan fingerprint density at radius 3 is 2.86 bits per heavy atom. The molecule has 0 aromatic carbocycles. The molecule has 0 radical (unpaired) electrons. The van der Waals surface area contributed by atoms with E-state index in [-0.39, 0.29) is 6.10 Å². The van der Waals surface area contributed by atoms with E-state index in [9.17, 15) is 14.0 Å². The van der Waals surface area contributed by atoms with Crippen LogP contribution in [0, 0.1) is 11.8 Å². The van der Waals surface area contributed by atoms with Gasteiger partial charge in [-0.05, 0) is 19.4 Å². The summed E-state index contributed by atoms with van der Waals surface area (Å²) in [6.45, 7) is 2.29. The van der Waals surface area contributed by atoms with Gasteiger partial charge in [-0.15, -0.1) is 0 Å². The molecule has 0 aromatic rings. The van der Waals surface area contributed by atoms with Crippen molar-refractivity contribution in [1.82, 2.24) is 0 Å². The molecule has 0 unspecified atom stereocenters. The molecular weight excluding hydrogens is 187 g/mol. The number of fused-ring (bicyclic) bond motifs is 2. The molecule has 0 heterocycles. The number of rotatable bonds is 2. The van der Waals surface area contributed by atoms with Crippen LogP contribution in [-0.4, -0.2) is 24.3 Å². The van der Waals surface area contributed by atoms with E-state index >= 15 is 0 Å². The molecule has 2 bridgehead atoms. The quantitative estimate of drug-likeness (QED) is 0.622. The molecule has 0 spiro atoms. The summed E-state index contributed by atoms with van der Waals surface area (Å²) in [4.78, 5) is 22.6. The van der Waals surface area contributed by atoms with Crippen molar-refractivity contribution < 1.29 is 18.7 Å². The van der Waals surface area contributed by atoms with Crippen LogP contribution in [0.5, 0.6) is 0 Å². The zero-order valence-electron chi connectivity index (χ0n) is 7.83. The summed E-state index contributed by atoms with van der Waals surface area (Å²) < 4.78 is 18.4. The van der Waals surface area contributed by atoms with Gasteiger partial charge in [-0.3, -0.25) is 9.59 Å². The Bertz CT molecular complexity index is 321. The van der Waals surface area contributed by atoms with Crippen LogP contribution in [0.2, 0.25) is 0 Å². The van der Waals surface area contributed by atoms with Crippen molar-refractivity contribution in [1.29, 1.82) is 0 Å². The van der Waals surface area contributed by atoms with Crippen LogP contribution in [0.25, 0.3) is 0 Å². The normalized spacial score (nSPS) is 36.1. The van der Waals surface area contributed by atoms with E-state index in [0.717, 1.165) is 0 Å². The van der Waals surface area contributed by atoms with E-state index in [2.05, 4.69) is 0 Å². The highest BCUT2D eigenvalue weighted by molar-refractivity contribution is 6.41. The summed E-state index contributed by atoms with van der Waals surface area (Å²) >= 11 is 0. The molecule has 3 aliphatic carbocycles. The maximum Gasteiger partial charge on any atom is 0.208 e. The first-order valence-corrected chi connectivity index (χ1v) is 4.72. The largest absolute Gasteiger partial charge is 0.377 e. The number of halogens is 1.